The topological polar surface area (TPSA) is 42.3 Å². The van der Waals surface area contributed by atoms with Gasteiger partial charge in [0, 0.05) is 35.9 Å². The summed E-state index contributed by atoms with van der Waals surface area (Å²) in [7, 11) is 2.44. The largest absolute Gasteiger partial charge is 0.350 e. The number of carbonyl (C=O) groups is 1. The number of nitrogens with zero attached hydrogens (tertiary/aromatic N) is 2. The quantitative estimate of drug-likeness (QED) is 0.689. The lowest BCUT2D eigenvalue weighted by Crippen LogP contribution is -2.29. The van der Waals surface area contributed by atoms with E-state index in [2.05, 4.69) is 0 Å². The van der Waals surface area contributed by atoms with Crippen LogP contribution in [-0.2, 0) is 17.8 Å². The molecule has 2 aromatic carbocycles. The summed E-state index contributed by atoms with van der Waals surface area (Å²) in [6, 6.07) is 15.3. The molecule has 0 spiro atoms. The SMILES string of the molecule is CN(C(=O)c1cn(C)c2ccccc12)c1ccccc1S(=O)C(C)(C)C. The number of aryl methyl sites for hydroxylation is 1. The lowest BCUT2D eigenvalue weighted by molar-refractivity contribution is 0.0994. The molecule has 136 valence electrons. The van der Waals surface area contributed by atoms with Crippen molar-refractivity contribution in [1.29, 1.82) is 0 Å². The number of rotatable bonds is 3. The molecule has 0 saturated carbocycles. The molecule has 1 amide bonds. The second-order valence-corrected chi connectivity index (χ2v) is 9.59. The Hall–Kier alpha value is -2.40. The van der Waals surface area contributed by atoms with Gasteiger partial charge in [0.25, 0.3) is 5.91 Å². The maximum absolute atomic E-state index is 13.2. The maximum atomic E-state index is 13.2. The molecule has 0 aliphatic rings. The lowest BCUT2D eigenvalue weighted by Gasteiger charge is -2.24. The van der Waals surface area contributed by atoms with Crippen LogP contribution in [0.5, 0.6) is 0 Å². The summed E-state index contributed by atoms with van der Waals surface area (Å²) in [5, 5.41) is 0.918. The molecule has 0 aliphatic heterocycles. The van der Waals surface area contributed by atoms with Gasteiger partial charge in [0.05, 0.1) is 26.9 Å². The van der Waals surface area contributed by atoms with Gasteiger partial charge in [-0.3, -0.25) is 9.00 Å². The first-order chi connectivity index (χ1) is 12.2. The van der Waals surface area contributed by atoms with Crippen LogP contribution in [0.4, 0.5) is 5.69 Å². The van der Waals surface area contributed by atoms with Gasteiger partial charge in [0.1, 0.15) is 0 Å². The molecule has 0 saturated heterocycles. The first-order valence-electron chi connectivity index (χ1n) is 8.55. The Morgan fingerprint density at radius 2 is 1.65 bits per heavy atom. The van der Waals surface area contributed by atoms with Crippen LogP contribution in [0, 0.1) is 0 Å². The molecule has 0 bridgehead atoms. The van der Waals surface area contributed by atoms with Crippen molar-refractivity contribution in [3.63, 3.8) is 0 Å². The van der Waals surface area contributed by atoms with E-state index in [-0.39, 0.29) is 5.91 Å². The number of benzene rings is 2. The summed E-state index contributed by atoms with van der Waals surface area (Å²) < 4.78 is 14.5. The van der Waals surface area contributed by atoms with Crippen molar-refractivity contribution >= 4 is 33.3 Å². The highest BCUT2D eigenvalue weighted by atomic mass is 32.2. The lowest BCUT2D eigenvalue weighted by atomic mass is 10.1. The van der Waals surface area contributed by atoms with Crippen LogP contribution < -0.4 is 4.90 Å². The van der Waals surface area contributed by atoms with Gasteiger partial charge in [0.2, 0.25) is 0 Å². The van der Waals surface area contributed by atoms with Crippen LogP contribution in [0.25, 0.3) is 10.9 Å². The monoisotopic (exact) mass is 368 g/mol. The van der Waals surface area contributed by atoms with Gasteiger partial charge in [-0.15, -0.1) is 0 Å². The first kappa shape index (κ1) is 18.4. The average Bonchev–Trinajstić information content (AvgIpc) is 2.96. The van der Waals surface area contributed by atoms with Crippen molar-refractivity contribution in [2.75, 3.05) is 11.9 Å². The van der Waals surface area contributed by atoms with Crippen LogP contribution in [0.3, 0.4) is 0 Å². The van der Waals surface area contributed by atoms with E-state index in [1.165, 1.54) is 0 Å². The van der Waals surface area contributed by atoms with Gasteiger partial charge in [-0.05, 0) is 39.0 Å². The summed E-state index contributed by atoms with van der Waals surface area (Å²) in [6.07, 6.45) is 1.85. The molecular formula is C21H24N2O2S. The van der Waals surface area contributed by atoms with E-state index in [0.29, 0.717) is 16.1 Å². The van der Waals surface area contributed by atoms with Crippen LogP contribution in [0.2, 0.25) is 0 Å². The van der Waals surface area contributed by atoms with E-state index in [1.54, 1.807) is 11.9 Å². The number of fused-ring (bicyclic) bond motifs is 1. The van der Waals surface area contributed by atoms with Gasteiger partial charge >= 0.3 is 0 Å². The Morgan fingerprint density at radius 1 is 1.04 bits per heavy atom. The molecule has 0 radical (unpaired) electrons. The zero-order valence-corrected chi connectivity index (χ0v) is 16.6. The number of aromatic nitrogens is 1. The molecule has 1 heterocycles. The van der Waals surface area contributed by atoms with Crippen LogP contribution in [0.1, 0.15) is 31.1 Å². The maximum Gasteiger partial charge on any atom is 0.260 e. The standard InChI is InChI=1S/C21H24N2O2S/c1-21(2,3)26(25)19-13-9-8-12-18(19)23(5)20(24)16-14-22(4)17-11-7-6-10-15(16)17/h6-14H,1-5H3. The Labute approximate surface area is 156 Å². The summed E-state index contributed by atoms with van der Waals surface area (Å²) >= 11 is 0. The number of anilines is 1. The predicted octanol–water partition coefficient (Wildman–Crippen LogP) is 4.36. The fourth-order valence-electron chi connectivity index (χ4n) is 3.02. The fraction of sp³-hybridized carbons (Fsp3) is 0.286. The molecule has 1 unspecified atom stereocenters. The molecular weight excluding hydrogens is 344 g/mol. The van der Waals surface area contributed by atoms with Gasteiger partial charge in [-0.2, -0.15) is 0 Å². The fourth-order valence-corrected chi connectivity index (χ4v) is 4.28. The van der Waals surface area contributed by atoms with Gasteiger partial charge < -0.3 is 9.47 Å². The smallest absolute Gasteiger partial charge is 0.260 e. The van der Waals surface area contributed by atoms with Gasteiger partial charge in [-0.25, -0.2) is 0 Å². The van der Waals surface area contributed by atoms with Crippen LogP contribution >= 0.6 is 0 Å². The highest BCUT2D eigenvalue weighted by molar-refractivity contribution is 7.86. The third-order valence-corrected chi connectivity index (χ3v) is 6.27. The predicted molar refractivity (Wildman–Crippen MR) is 108 cm³/mol. The van der Waals surface area contributed by atoms with Crippen molar-refractivity contribution < 1.29 is 9.00 Å². The van der Waals surface area contributed by atoms with E-state index in [9.17, 15) is 9.00 Å². The first-order valence-corrected chi connectivity index (χ1v) is 9.70. The Morgan fingerprint density at radius 3 is 2.35 bits per heavy atom. The number of hydrogen-bond donors (Lipinski definition) is 0. The molecule has 5 heteroatoms. The van der Waals surface area contributed by atoms with E-state index in [0.717, 1.165) is 10.9 Å². The highest BCUT2D eigenvalue weighted by Gasteiger charge is 2.27. The minimum atomic E-state index is -1.23. The second-order valence-electron chi connectivity index (χ2n) is 7.38. The van der Waals surface area contributed by atoms with Gasteiger partial charge in [0.15, 0.2) is 0 Å². The molecule has 0 aliphatic carbocycles. The summed E-state index contributed by atoms with van der Waals surface area (Å²) in [5.74, 6) is -0.111. The summed E-state index contributed by atoms with van der Waals surface area (Å²) in [4.78, 5) is 15.5. The van der Waals surface area contributed by atoms with Crippen LogP contribution in [0.15, 0.2) is 59.6 Å². The Balaban J connectivity index is 2.06. The number of hydrogen-bond acceptors (Lipinski definition) is 2. The highest BCUT2D eigenvalue weighted by Crippen LogP contribution is 2.31. The summed E-state index contributed by atoms with van der Waals surface area (Å²) in [5.41, 5.74) is 2.33. The van der Waals surface area contributed by atoms with Crippen molar-refractivity contribution in [3.8, 4) is 0 Å². The molecule has 3 rings (SSSR count). The van der Waals surface area contributed by atoms with Crippen molar-refractivity contribution in [2.45, 2.75) is 30.4 Å². The van der Waals surface area contributed by atoms with E-state index in [1.807, 2.05) is 87.1 Å². The average molecular weight is 369 g/mol. The molecule has 3 aromatic rings. The third-order valence-electron chi connectivity index (χ3n) is 4.41. The van der Waals surface area contributed by atoms with Gasteiger partial charge in [-0.1, -0.05) is 30.3 Å². The van der Waals surface area contributed by atoms with Crippen molar-refractivity contribution in [3.05, 3.63) is 60.3 Å². The molecule has 4 nitrogen and oxygen atoms in total. The number of para-hydroxylation sites is 2. The minimum absolute atomic E-state index is 0.111. The molecule has 1 aromatic heterocycles. The van der Waals surface area contributed by atoms with Crippen molar-refractivity contribution in [2.24, 2.45) is 7.05 Å². The van der Waals surface area contributed by atoms with E-state index < -0.39 is 15.5 Å². The molecule has 1 atom stereocenters. The third kappa shape index (κ3) is 3.19. The molecule has 26 heavy (non-hydrogen) atoms. The van der Waals surface area contributed by atoms with Crippen molar-refractivity contribution in [1.82, 2.24) is 4.57 Å². The van der Waals surface area contributed by atoms with Crippen LogP contribution in [-0.4, -0.2) is 26.5 Å². The number of amides is 1. The zero-order valence-electron chi connectivity index (χ0n) is 15.8. The second kappa shape index (κ2) is 6.72. The minimum Gasteiger partial charge on any atom is -0.350 e. The number of carbonyl (C=O) groups excluding carboxylic acids is 1. The van der Waals surface area contributed by atoms with E-state index in [4.69, 9.17) is 0 Å². The van der Waals surface area contributed by atoms with E-state index >= 15 is 0 Å². The molecule has 0 N–H and O–H groups in total. The molecule has 0 fully saturated rings. The normalized spacial score (nSPS) is 13.0. The summed E-state index contributed by atoms with van der Waals surface area (Å²) in [6.45, 7) is 5.81. The Bertz CT molecular complexity index is 999. The zero-order chi connectivity index (χ0) is 19.1. The Kier molecular flexibility index (Phi) is 4.76.